The second-order valence-electron chi connectivity index (χ2n) is 6.17. The highest BCUT2D eigenvalue weighted by molar-refractivity contribution is 5.45. The molecular weight excluding hydrogens is 380 g/mol. The van der Waals surface area contributed by atoms with Crippen LogP contribution in [0.4, 0.5) is 0 Å². The molecule has 0 aliphatic rings. The van der Waals surface area contributed by atoms with Crippen molar-refractivity contribution in [1.29, 1.82) is 0 Å². The van der Waals surface area contributed by atoms with Crippen LogP contribution in [0.15, 0.2) is 61.1 Å². The van der Waals surface area contributed by atoms with Crippen LogP contribution in [0.2, 0.25) is 0 Å². The molecule has 0 aliphatic carbocycles. The van der Waals surface area contributed by atoms with Crippen LogP contribution in [-0.4, -0.2) is 26.4 Å². The largest absolute Gasteiger partial charge is 0.507 e. The van der Waals surface area contributed by atoms with Gasteiger partial charge in [-0.25, -0.2) is 9.59 Å². The average Bonchev–Trinajstić information content (AvgIpc) is 2.72. The number of rotatable bonds is 7. The summed E-state index contributed by atoms with van der Waals surface area (Å²) in [5, 5.41) is 10.3. The van der Waals surface area contributed by atoms with Crippen LogP contribution in [0, 0.1) is 0 Å². The summed E-state index contributed by atoms with van der Waals surface area (Å²) in [5.41, 5.74) is -0.656. The van der Waals surface area contributed by atoms with E-state index in [1.54, 1.807) is 18.2 Å². The maximum Gasteiger partial charge on any atom is 0.343 e. The molecule has 8 nitrogen and oxygen atoms in total. The Labute approximate surface area is 165 Å². The first kappa shape index (κ1) is 20.1. The van der Waals surface area contributed by atoms with Crippen molar-refractivity contribution in [3.8, 4) is 23.0 Å². The molecule has 29 heavy (non-hydrogen) atoms. The Kier molecular flexibility index (Phi) is 5.92. The molecule has 0 bridgehead atoms. The summed E-state index contributed by atoms with van der Waals surface area (Å²) in [4.78, 5) is 24.4. The van der Waals surface area contributed by atoms with Crippen LogP contribution in [-0.2, 0) is 6.42 Å². The molecule has 0 saturated carbocycles. The average molecular weight is 400 g/mol. The zero-order chi connectivity index (χ0) is 21.0. The zero-order valence-corrected chi connectivity index (χ0v) is 16.1. The lowest BCUT2D eigenvalue weighted by atomic mass is 9.89. The molecule has 0 aliphatic heterocycles. The monoisotopic (exact) mass is 400 g/mol. The smallest absolute Gasteiger partial charge is 0.343 e. The zero-order valence-electron chi connectivity index (χ0n) is 16.1. The summed E-state index contributed by atoms with van der Waals surface area (Å²) in [5.74, 6) is 0.389. The van der Waals surface area contributed by atoms with Gasteiger partial charge in [0.1, 0.15) is 17.3 Å². The molecular formula is C21H20O8. The van der Waals surface area contributed by atoms with E-state index in [1.165, 1.54) is 39.5 Å². The van der Waals surface area contributed by atoms with Crippen LogP contribution in [0.1, 0.15) is 22.8 Å². The van der Waals surface area contributed by atoms with Crippen LogP contribution in [0.5, 0.6) is 23.0 Å². The molecule has 1 N–H and O–H groups in total. The number of aromatic hydroxyl groups is 1. The van der Waals surface area contributed by atoms with Crippen LogP contribution in [0.3, 0.4) is 0 Å². The van der Waals surface area contributed by atoms with E-state index in [0.717, 1.165) is 11.8 Å². The van der Waals surface area contributed by atoms with E-state index >= 15 is 0 Å². The Bertz CT molecular complexity index is 1110. The maximum absolute atomic E-state index is 12.4. The molecule has 2 heterocycles. The van der Waals surface area contributed by atoms with Crippen molar-refractivity contribution in [2.75, 3.05) is 21.3 Å². The van der Waals surface area contributed by atoms with Gasteiger partial charge in [-0.3, -0.25) is 0 Å². The molecule has 1 atom stereocenters. The summed E-state index contributed by atoms with van der Waals surface area (Å²) in [6.07, 6.45) is 1.30. The summed E-state index contributed by atoms with van der Waals surface area (Å²) in [6.45, 7) is 0. The summed E-state index contributed by atoms with van der Waals surface area (Å²) >= 11 is 0. The van der Waals surface area contributed by atoms with Gasteiger partial charge in [0, 0.05) is 12.1 Å². The second-order valence-corrected chi connectivity index (χ2v) is 6.17. The standard InChI is InChI=1S/C21H20O8/c1-25-13-10-17(29-19(23)11-13)14(20-15(22)6-7-28-21(20)24)8-12-4-5-16(26-2)18(9-12)27-3/h4-7,9-11,14,22H,8H2,1-3H3. The van der Waals surface area contributed by atoms with Crippen molar-refractivity contribution in [3.05, 3.63) is 80.4 Å². The fourth-order valence-corrected chi connectivity index (χ4v) is 3.09. The molecule has 8 heteroatoms. The summed E-state index contributed by atoms with van der Waals surface area (Å²) < 4.78 is 26.0. The lowest BCUT2D eigenvalue weighted by Crippen LogP contribution is -2.17. The van der Waals surface area contributed by atoms with E-state index in [1.807, 2.05) is 0 Å². The van der Waals surface area contributed by atoms with Crippen molar-refractivity contribution >= 4 is 0 Å². The molecule has 152 valence electrons. The van der Waals surface area contributed by atoms with Gasteiger partial charge >= 0.3 is 11.3 Å². The molecule has 0 amide bonds. The van der Waals surface area contributed by atoms with E-state index < -0.39 is 17.2 Å². The number of hydrogen-bond donors (Lipinski definition) is 1. The third kappa shape index (κ3) is 4.26. The molecule has 3 rings (SSSR count). The molecule has 2 aromatic heterocycles. The molecule has 1 unspecified atom stereocenters. The fourth-order valence-electron chi connectivity index (χ4n) is 3.09. The fraction of sp³-hybridized carbons (Fsp3) is 0.238. The first-order valence-corrected chi connectivity index (χ1v) is 8.67. The van der Waals surface area contributed by atoms with Crippen LogP contribution < -0.4 is 25.5 Å². The van der Waals surface area contributed by atoms with Crippen molar-refractivity contribution in [2.45, 2.75) is 12.3 Å². The van der Waals surface area contributed by atoms with Crippen molar-refractivity contribution in [1.82, 2.24) is 0 Å². The molecule has 0 radical (unpaired) electrons. The van der Waals surface area contributed by atoms with Gasteiger partial charge < -0.3 is 28.2 Å². The Morgan fingerprint density at radius 3 is 2.38 bits per heavy atom. The minimum absolute atomic E-state index is 0.0290. The van der Waals surface area contributed by atoms with Gasteiger partial charge in [0.05, 0.1) is 45.1 Å². The summed E-state index contributed by atoms with van der Waals surface area (Å²) in [6, 6.07) is 9.19. The second kappa shape index (κ2) is 8.55. The van der Waals surface area contributed by atoms with Crippen molar-refractivity contribution in [2.24, 2.45) is 0 Å². The normalized spacial score (nSPS) is 11.7. The lowest BCUT2D eigenvalue weighted by Gasteiger charge is -2.18. The van der Waals surface area contributed by atoms with Gasteiger partial charge in [0.25, 0.3) is 0 Å². The van der Waals surface area contributed by atoms with E-state index in [9.17, 15) is 14.7 Å². The number of hydrogen-bond acceptors (Lipinski definition) is 8. The van der Waals surface area contributed by atoms with E-state index in [4.69, 9.17) is 23.0 Å². The molecule has 3 aromatic rings. The van der Waals surface area contributed by atoms with Gasteiger partial charge in [-0.05, 0) is 24.1 Å². The van der Waals surface area contributed by atoms with Gasteiger partial charge in [-0.2, -0.15) is 0 Å². The highest BCUT2D eigenvalue weighted by Crippen LogP contribution is 2.35. The SMILES string of the molecule is COc1cc(C(Cc2ccc(OC)c(OC)c2)c2c(O)ccoc2=O)oc(=O)c1. The topological polar surface area (TPSA) is 108 Å². The molecule has 0 spiro atoms. The number of ether oxygens (including phenoxy) is 3. The van der Waals surface area contributed by atoms with Crippen LogP contribution in [0.25, 0.3) is 0 Å². The molecule has 0 fully saturated rings. The van der Waals surface area contributed by atoms with Gasteiger partial charge in [-0.15, -0.1) is 0 Å². The molecule has 1 aromatic carbocycles. The Morgan fingerprint density at radius 1 is 0.966 bits per heavy atom. The molecule has 0 saturated heterocycles. The maximum atomic E-state index is 12.4. The third-order valence-electron chi connectivity index (χ3n) is 4.48. The Balaban J connectivity index is 2.15. The predicted octanol–water partition coefficient (Wildman–Crippen LogP) is 2.70. The first-order valence-electron chi connectivity index (χ1n) is 8.67. The third-order valence-corrected chi connectivity index (χ3v) is 4.48. The van der Waals surface area contributed by atoms with E-state index in [2.05, 4.69) is 0 Å². The summed E-state index contributed by atoms with van der Waals surface area (Å²) in [7, 11) is 4.45. The minimum atomic E-state index is -0.812. The van der Waals surface area contributed by atoms with Crippen molar-refractivity contribution in [3.63, 3.8) is 0 Å². The van der Waals surface area contributed by atoms with Gasteiger partial charge in [0.15, 0.2) is 11.5 Å². The number of benzene rings is 1. The van der Waals surface area contributed by atoms with Crippen molar-refractivity contribution < 1.29 is 28.2 Å². The van der Waals surface area contributed by atoms with Crippen LogP contribution >= 0.6 is 0 Å². The number of methoxy groups -OCH3 is 3. The van der Waals surface area contributed by atoms with E-state index in [-0.39, 0.29) is 29.2 Å². The Hall–Kier alpha value is -3.68. The van der Waals surface area contributed by atoms with E-state index in [0.29, 0.717) is 11.5 Å². The lowest BCUT2D eigenvalue weighted by molar-refractivity contribution is 0.354. The quantitative estimate of drug-likeness (QED) is 0.645. The first-order chi connectivity index (χ1) is 14.0. The van der Waals surface area contributed by atoms with Gasteiger partial charge in [0.2, 0.25) is 0 Å². The predicted molar refractivity (Wildman–Crippen MR) is 103 cm³/mol. The highest BCUT2D eigenvalue weighted by atomic mass is 16.5. The minimum Gasteiger partial charge on any atom is -0.507 e. The highest BCUT2D eigenvalue weighted by Gasteiger charge is 2.26. The van der Waals surface area contributed by atoms with Gasteiger partial charge in [-0.1, -0.05) is 6.07 Å². The Morgan fingerprint density at radius 2 is 1.72 bits per heavy atom.